The van der Waals surface area contributed by atoms with Crippen LogP contribution in [0.3, 0.4) is 0 Å². The van der Waals surface area contributed by atoms with Crippen LogP contribution in [0.25, 0.3) is 0 Å². The highest BCUT2D eigenvalue weighted by Crippen LogP contribution is 2.46. The number of aromatic nitrogens is 2. The molecule has 0 aliphatic heterocycles. The van der Waals surface area contributed by atoms with Crippen molar-refractivity contribution in [3.63, 3.8) is 0 Å². The Hall–Kier alpha value is -0.980. The zero-order chi connectivity index (χ0) is 13.2. The lowest BCUT2D eigenvalue weighted by Gasteiger charge is -2.40. The largest absolute Gasteiger partial charge is 0.370 e. The monoisotopic (exact) mass is 255 g/mol. The van der Waals surface area contributed by atoms with Crippen LogP contribution in [0.5, 0.6) is 0 Å². The lowest BCUT2D eigenvalue weighted by Crippen LogP contribution is -2.37. The van der Waals surface area contributed by atoms with E-state index in [-0.39, 0.29) is 6.61 Å². The Morgan fingerprint density at radius 1 is 1.28 bits per heavy atom. The van der Waals surface area contributed by atoms with Crippen molar-refractivity contribution in [3.05, 3.63) is 11.7 Å². The van der Waals surface area contributed by atoms with Crippen molar-refractivity contribution in [3.8, 4) is 0 Å². The van der Waals surface area contributed by atoms with Gasteiger partial charge < -0.3 is 9.26 Å². The summed E-state index contributed by atoms with van der Waals surface area (Å²) in [4.78, 5) is 8.80. The lowest BCUT2D eigenvalue weighted by molar-refractivity contribution is -0.0740. The molecule has 0 saturated heterocycles. The molecule has 0 aromatic carbocycles. The molecule has 6 nitrogen and oxygen atoms in total. The molecular formula is C12H21N3O3. The van der Waals surface area contributed by atoms with Crippen molar-refractivity contribution in [2.75, 3.05) is 7.11 Å². The highest BCUT2D eigenvalue weighted by molar-refractivity contribution is 5.05. The lowest BCUT2D eigenvalue weighted by atomic mass is 9.70. The molecule has 2 N–H and O–H groups in total. The van der Waals surface area contributed by atoms with Gasteiger partial charge in [0.05, 0.1) is 0 Å². The molecule has 0 atom stereocenters. The van der Waals surface area contributed by atoms with Crippen molar-refractivity contribution in [1.82, 2.24) is 10.1 Å². The fourth-order valence-corrected chi connectivity index (χ4v) is 2.42. The molecule has 1 fully saturated rings. The van der Waals surface area contributed by atoms with Gasteiger partial charge in [0.25, 0.3) is 5.89 Å². The van der Waals surface area contributed by atoms with Crippen molar-refractivity contribution in [2.24, 2.45) is 11.3 Å². The van der Waals surface area contributed by atoms with Crippen molar-refractivity contribution in [1.29, 1.82) is 0 Å². The van der Waals surface area contributed by atoms with Crippen LogP contribution >= 0.6 is 0 Å². The van der Waals surface area contributed by atoms with Crippen molar-refractivity contribution in [2.45, 2.75) is 51.7 Å². The molecule has 0 bridgehead atoms. The number of hydrogen-bond acceptors (Lipinski definition) is 6. The van der Waals surface area contributed by atoms with Crippen LogP contribution in [0.4, 0.5) is 0 Å². The Morgan fingerprint density at radius 3 is 2.50 bits per heavy atom. The Balaban J connectivity index is 2.17. The Kier molecular flexibility index (Phi) is 3.70. The predicted octanol–water partition coefficient (Wildman–Crippen LogP) is 1.90. The summed E-state index contributed by atoms with van der Waals surface area (Å²) < 4.78 is 10.8. The minimum absolute atomic E-state index is 0.123. The Bertz CT molecular complexity index is 393. The van der Waals surface area contributed by atoms with E-state index in [1.807, 2.05) is 0 Å². The van der Waals surface area contributed by atoms with Gasteiger partial charge in [-0.15, -0.1) is 0 Å². The first-order valence-corrected chi connectivity index (χ1v) is 6.21. The number of ether oxygens (including phenoxy) is 1. The molecule has 1 saturated carbocycles. The van der Waals surface area contributed by atoms with E-state index in [1.54, 1.807) is 7.11 Å². The molecule has 1 aromatic heterocycles. The molecule has 1 aliphatic rings. The van der Waals surface area contributed by atoms with Gasteiger partial charge in [-0.25, -0.2) is 5.90 Å². The van der Waals surface area contributed by atoms with Gasteiger partial charge in [0.1, 0.15) is 12.2 Å². The first kappa shape index (κ1) is 13.5. The highest BCUT2D eigenvalue weighted by atomic mass is 16.6. The molecule has 2 rings (SSSR count). The third-order valence-electron chi connectivity index (χ3n) is 3.88. The predicted molar refractivity (Wildman–Crippen MR) is 64.2 cm³/mol. The van der Waals surface area contributed by atoms with Gasteiger partial charge in [-0.1, -0.05) is 19.0 Å². The van der Waals surface area contributed by atoms with E-state index in [1.165, 1.54) is 0 Å². The second-order valence-corrected chi connectivity index (χ2v) is 5.69. The second-order valence-electron chi connectivity index (χ2n) is 5.69. The van der Waals surface area contributed by atoms with Gasteiger partial charge in [-0.3, -0.25) is 4.84 Å². The molecule has 1 heterocycles. The van der Waals surface area contributed by atoms with Crippen LogP contribution in [-0.2, 0) is 21.8 Å². The number of methoxy groups -OCH3 is 1. The van der Waals surface area contributed by atoms with Crippen LogP contribution < -0.4 is 5.90 Å². The smallest absolute Gasteiger partial charge is 0.254 e. The molecule has 1 aliphatic carbocycles. The summed E-state index contributed by atoms with van der Waals surface area (Å²) in [6.07, 6.45) is 3.97. The fourth-order valence-electron chi connectivity index (χ4n) is 2.42. The number of nitrogens with zero attached hydrogens (tertiary/aromatic N) is 2. The minimum atomic E-state index is -0.425. The summed E-state index contributed by atoms with van der Waals surface area (Å²) in [5.74, 6) is 5.98. The second kappa shape index (κ2) is 4.95. The minimum Gasteiger partial charge on any atom is -0.370 e. The molecule has 0 amide bonds. The van der Waals surface area contributed by atoms with E-state index >= 15 is 0 Å². The number of nitrogens with two attached hydrogens (primary N) is 1. The Morgan fingerprint density at radius 2 is 1.94 bits per heavy atom. The molecule has 1 aromatic rings. The molecular weight excluding hydrogens is 234 g/mol. The maximum absolute atomic E-state index is 5.69. The van der Waals surface area contributed by atoms with Crippen LogP contribution in [0, 0.1) is 5.41 Å². The summed E-state index contributed by atoms with van der Waals surface area (Å²) in [6, 6.07) is 0. The van der Waals surface area contributed by atoms with E-state index in [4.69, 9.17) is 15.2 Å². The van der Waals surface area contributed by atoms with Gasteiger partial charge >= 0.3 is 0 Å². The zero-order valence-corrected chi connectivity index (χ0v) is 11.2. The quantitative estimate of drug-likeness (QED) is 0.827. The van der Waals surface area contributed by atoms with Crippen LogP contribution in [0.15, 0.2) is 4.52 Å². The van der Waals surface area contributed by atoms with Crippen LogP contribution in [0.2, 0.25) is 0 Å². The van der Waals surface area contributed by atoms with Crippen LogP contribution in [0.1, 0.15) is 51.2 Å². The average molecular weight is 255 g/mol. The molecule has 0 spiro atoms. The first-order chi connectivity index (χ1) is 8.51. The van der Waals surface area contributed by atoms with E-state index in [0.29, 0.717) is 17.1 Å². The SMILES string of the molecule is COC1(c2noc(CON)n2)CCC(C)(C)CC1. The molecule has 0 radical (unpaired) electrons. The van der Waals surface area contributed by atoms with Gasteiger partial charge in [0.2, 0.25) is 5.82 Å². The molecule has 18 heavy (non-hydrogen) atoms. The van der Waals surface area contributed by atoms with E-state index in [0.717, 1.165) is 25.7 Å². The van der Waals surface area contributed by atoms with E-state index < -0.39 is 5.60 Å². The summed E-state index contributed by atoms with van der Waals surface area (Å²) in [7, 11) is 1.70. The number of hydrogen-bond donors (Lipinski definition) is 1. The maximum Gasteiger partial charge on any atom is 0.254 e. The first-order valence-electron chi connectivity index (χ1n) is 6.21. The van der Waals surface area contributed by atoms with E-state index in [9.17, 15) is 0 Å². The molecule has 0 unspecified atom stereocenters. The standard InChI is InChI=1S/C12H21N3O3/c1-11(2)4-6-12(16-3,7-5-11)10-14-9(8-17-13)18-15-10/h4-8,13H2,1-3H3. The topological polar surface area (TPSA) is 83.4 Å². The summed E-state index contributed by atoms with van der Waals surface area (Å²) in [6.45, 7) is 4.67. The van der Waals surface area contributed by atoms with E-state index in [2.05, 4.69) is 28.8 Å². The Labute approximate surface area is 107 Å². The van der Waals surface area contributed by atoms with Gasteiger partial charge in [0.15, 0.2) is 0 Å². The van der Waals surface area contributed by atoms with Crippen molar-refractivity contribution < 1.29 is 14.1 Å². The van der Waals surface area contributed by atoms with Gasteiger partial charge in [0, 0.05) is 7.11 Å². The number of rotatable bonds is 4. The third kappa shape index (κ3) is 2.55. The van der Waals surface area contributed by atoms with Crippen LogP contribution in [-0.4, -0.2) is 17.3 Å². The van der Waals surface area contributed by atoms with Gasteiger partial charge in [-0.2, -0.15) is 4.98 Å². The zero-order valence-electron chi connectivity index (χ0n) is 11.2. The van der Waals surface area contributed by atoms with Gasteiger partial charge in [-0.05, 0) is 31.1 Å². The highest BCUT2D eigenvalue weighted by Gasteiger charge is 2.43. The molecule has 102 valence electrons. The average Bonchev–Trinajstić information content (AvgIpc) is 2.80. The fraction of sp³-hybridized carbons (Fsp3) is 0.833. The summed E-state index contributed by atoms with van der Waals surface area (Å²) in [5.41, 5.74) is -0.0686. The normalized spacial score (nSPS) is 22.0. The van der Waals surface area contributed by atoms with Crippen molar-refractivity contribution >= 4 is 0 Å². The molecule has 6 heteroatoms. The summed E-state index contributed by atoms with van der Waals surface area (Å²) in [5, 5.41) is 4.00. The summed E-state index contributed by atoms with van der Waals surface area (Å²) >= 11 is 0. The maximum atomic E-state index is 5.69. The third-order valence-corrected chi connectivity index (χ3v) is 3.88.